The number of nitrogens with one attached hydrogen (secondary N) is 7. The van der Waals surface area contributed by atoms with E-state index in [1.165, 1.54) is 31.2 Å². The molecule has 5 amide bonds. The normalized spacial score (nSPS) is 14.5. The van der Waals surface area contributed by atoms with Crippen molar-refractivity contribution in [3.8, 4) is 5.75 Å². The van der Waals surface area contributed by atoms with E-state index in [9.17, 15) is 43.8 Å². The molecule has 1 aromatic carbocycles. The monoisotopic (exact) mass is 735 g/mol. The zero-order chi connectivity index (χ0) is 39.7. The quantitative estimate of drug-likeness (QED) is 0.0357. The molecule has 0 fully saturated rings. The van der Waals surface area contributed by atoms with Gasteiger partial charge in [0.25, 0.3) is 0 Å². The Hall–Kier alpha value is -5.46. The van der Waals surface area contributed by atoms with Crippen molar-refractivity contribution in [3.63, 3.8) is 0 Å². The van der Waals surface area contributed by atoms with E-state index in [4.69, 9.17) is 22.0 Å². The van der Waals surface area contributed by atoms with Crippen LogP contribution in [0.25, 0.3) is 0 Å². The second-order valence-electron chi connectivity index (χ2n) is 13.0. The zero-order valence-electron chi connectivity index (χ0n) is 30.0. The summed E-state index contributed by atoms with van der Waals surface area (Å²) in [6.07, 6.45) is -0.360. The maximum atomic E-state index is 13.4. The first-order valence-corrected chi connectivity index (χ1v) is 16.8. The lowest BCUT2D eigenvalue weighted by molar-refractivity contribution is -0.142. The molecule has 0 heterocycles. The highest BCUT2D eigenvalue weighted by molar-refractivity contribution is 5.96. The molecular formula is C33H53N9O10. The largest absolute Gasteiger partial charge is 0.508 e. The van der Waals surface area contributed by atoms with Crippen LogP contribution >= 0.6 is 0 Å². The molecule has 52 heavy (non-hydrogen) atoms. The second-order valence-corrected chi connectivity index (χ2v) is 13.0. The molecule has 19 nitrogen and oxygen atoms in total. The summed E-state index contributed by atoms with van der Waals surface area (Å²) >= 11 is 0. The van der Waals surface area contributed by atoms with Gasteiger partial charge in [0, 0.05) is 19.4 Å². The van der Waals surface area contributed by atoms with E-state index in [2.05, 4.69) is 31.9 Å². The molecule has 19 heteroatoms. The Labute approximate surface area is 301 Å². The molecule has 290 valence electrons. The number of carbonyl (C=O) groups is 7. The number of aliphatic carboxylic acids is 2. The molecule has 0 aromatic heterocycles. The molecule has 1 aromatic rings. The highest BCUT2D eigenvalue weighted by atomic mass is 16.4. The highest BCUT2D eigenvalue weighted by Gasteiger charge is 2.34. The number of carboxylic acids is 2. The summed E-state index contributed by atoms with van der Waals surface area (Å²) in [7, 11) is 0. The van der Waals surface area contributed by atoms with Crippen LogP contribution in [0.5, 0.6) is 5.75 Å². The van der Waals surface area contributed by atoms with E-state index in [0.717, 1.165) is 0 Å². The Morgan fingerprint density at radius 2 is 1.23 bits per heavy atom. The Morgan fingerprint density at radius 1 is 0.712 bits per heavy atom. The number of amides is 5. The maximum Gasteiger partial charge on any atom is 0.326 e. The van der Waals surface area contributed by atoms with E-state index in [-0.39, 0.29) is 37.5 Å². The Morgan fingerprint density at radius 3 is 1.73 bits per heavy atom. The van der Waals surface area contributed by atoms with Crippen molar-refractivity contribution in [1.82, 2.24) is 31.9 Å². The number of nitrogens with two attached hydrogens (primary N) is 2. The van der Waals surface area contributed by atoms with Crippen molar-refractivity contribution in [2.24, 2.45) is 23.3 Å². The molecule has 6 atom stereocenters. The molecule has 0 aliphatic carbocycles. The fourth-order valence-corrected chi connectivity index (χ4v) is 4.79. The van der Waals surface area contributed by atoms with Crippen LogP contribution in [-0.4, -0.2) is 106 Å². The third kappa shape index (κ3) is 16.0. The van der Waals surface area contributed by atoms with E-state index in [1.54, 1.807) is 27.7 Å². The van der Waals surface area contributed by atoms with Gasteiger partial charge in [0.15, 0.2) is 5.96 Å². The Bertz CT molecular complexity index is 1420. The van der Waals surface area contributed by atoms with Gasteiger partial charge in [-0.25, -0.2) is 4.79 Å². The second kappa shape index (κ2) is 21.7. The molecule has 1 rings (SSSR count). The summed E-state index contributed by atoms with van der Waals surface area (Å²) in [5.74, 6) is -7.75. The zero-order valence-corrected chi connectivity index (χ0v) is 30.0. The summed E-state index contributed by atoms with van der Waals surface area (Å²) in [4.78, 5) is 88.8. The van der Waals surface area contributed by atoms with Crippen molar-refractivity contribution in [3.05, 3.63) is 29.8 Å². The molecule has 14 N–H and O–H groups in total. The van der Waals surface area contributed by atoms with E-state index in [1.807, 2.05) is 0 Å². The highest BCUT2D eigenvalue weighted by Crippen LogP contribution is 2.13. The van der Waals surface area contributed by atoms with Crippen LogP contribution in [0.1, 0.15) is 65.9 Å². The van der Waals surface area contributed by atoms with Gasteiger partial charge < -0.3 is 58.7 Å². The van der Waals surface area contributed by atoms with Gasteiger partial charge in [-0.1, -0.05) is 39.8 Å². The number of carbonyl (C=O) groups excluding carboxylic acids is 5. The molecule has 0 spiro atoms. The number of phenols is 1. The van der Waals surface area contributed by atoms with Gasteiger partial charge in [-0.05, 0) is 55.7 Å². The van der Waals surface area contributed by atoms with Gasteiger partial charge in [0.2, 0.25) is 29.5 Å². The van der Waals surface area contributed by atoms with Crippen LogP contribution < -0.4 is 43.4 Å². The van der Waals surface area contributed by atoms with Gasteiger partial charge >= 0.3 is 11.9 Å². The third-order valence-corrected chi connectivity index (χ3v) is 7.86. The first kappa shape index (κ1) is 44.6. The summed E-state index contributed by atoms with van der Waals surface area (Å²) in [6.45, 7) is 8.13. The summed E-state index contributed by atoms with van der Waals surface area (Å²) in [5, 5.41) is 50.5. The first-order chi connectivity index (χ1) is 24.2. The minimum Gasteiger partial charge on any atom is -0.508 e. The topological polar surface area (TPSA) is 328 Å². The average Bonchev–Trinajstić information content (AvgIpc) is 3.05. The fraction of sp³-hybridized carbons (Fsp3) is 0.576. The molecule has 0 saturated carbocycles. The molecule has 0 bridgehead atoms. The molecule has 0 aliphatic rings. The van der Waals surface area contributed by atoms with Crippen LogP contribution in [-0.2, 0) is 40.0 Å². The van der Waals surface area contributed by atoms with Crippen molar-refractivity contribution < 1.29 is 48.9 Å². The Kier molecular flexibility index (Phi) is 18.6. The van der Waals surface area contributed by atoms with Gasteiger partial charge in [-0.15, -0.1) is 0 Å². The summed E-state index contributed by atoms with van der Waals surface area (Å²) in [5.41, 5.74) is 11.7. The lowest BCUT2D eigenvalue weighted by Crippen LogP contribution is -2.60. The lowest BCUT2D eigenvalue weighted by Gasteiger charge is -2.29. The van der Waals surface area contributed by atoms with Crippen molar-refractivity contribution in [1.29, 1.82) is 5.41 Å². The first-order valence-electron chi connectivity index (χ1n) is 16.8. The third-order valence-electron chi connectivity index (χ3n) is 7.86. The average molecular weight is 736 g/mol. The minimum atomic E-state index is -1.36. The number of benzene rings is 1. The van der Waals surface area contributed by atoms with Crippen LogP contribution in [0, 0.1) is 17.2 Å². The smallest absolute Gasteiger partial charge is 0.326 e. The molecule has 0 aliphatic heterocycles. The van der Waals surface area contributed by atoms with Crippen LogP contribution in [0.2, 0.25) is 0 Å². The predicted molar refractivity (Wildman–Crippen MR) is 188 cm³/mol. The minimum absolute atomic E-state index is 0.0108. The van der Waals surface area contributed by atoms with Crippen LogP contribution in [0.4, 0.5) is 0 Å². The summed E-state index contributed by atoms with van der Waals surface area (Å²) in [6, 6.07) is -1.65. The maximum absolute atomic E-state index is 13.4. The van der Waals surface area contributed by atoms with Crippen LogP contribution in [0.3, 0.4) is 0 Å². The van der Waals surface area contributed by atoms with Crippen molar-refractivity contribution in [2.45, 2.75) is 103 Å². The van der Waals surface area contributed by atoms with Gasteiger partial charge in [-0.3, -0.25) is 34.2 Å². The molecule has 0 radical (unpaired) electrons. The number of rotatable bonds is 22. The van der Waals surface area contributed by atoms with Crippen molar-refractivity contribution >= 4 is 47.4 Å². The number of hydrogen-bond acceptors (Lipinski definition) is 10. The fourth-order valence-electron chi connectivity index (χ4n) is 4.79. The number of hydrogen-bond donors (Lipinski definition) is 12. The lowest BCUT2D eigenvalue weighted by atomic mass is 9.98. The van der Waals surface area contributed by atoms with E-state index >= 15 is 0 Å². The summed E-state index contributed by atoms with van der Waals surface area (Å²) < 4.78 is 0. The number of guanidine groups is 1. The number of carboxylic acid groups (broad SMARTS) is 2. The van der Waals surface area contributed by atoms with Gasteiger partial charge in [-0.2, -0.15) is 0 Å². The van der Waals surface area contributed by atoms with E-state index in [0.29, 0.717) is 12.0 Å². The molecule has 0 unspecified atom stereocenters. The molecular weight excluding hydrogens is 682 g/mol. The predicted octanol–water partition coefficient (Wildman–Crippen LogP) is -1.77. The SMILES string of the molecule is CC(C)[C@H](NC(=O)[C@H](C)NC(=O)[C@H](CCC(=O)O)NC(=O)[C@@H](N)CCCNC(=N)N)C(=O)N[C@H](C(=O)N[C@@H](Cc1ccc(O)cc1)C(=O)O)C(C)C. The van der Waals surface area contributed by atoms with Gasteiger partial charge in [0.05, 0.1) is 6.04 Å². The van der Waals surface area contributed by atoms with E-state index < -0.39 is 96.0 Å². The van der Waals surface area contributed by atoms with Gasteiger partial charge in [0.1, 0.15) is 36.0 Å². The van der Waals surface area contributed by atoms with Crippen molar-refractivity contribution in [2.75, 3.05) is 6.54 Å². The Balaban J connectivity index is 2.96. The van der Waals surface area contributed by atoms with Crippen LogP contribution in [0.15, 0.2) is 24.3 Å². The molecule has 0 saturated heterocycles. The number of aromatic hydroxyl groups is 1. The standard InChI is InChI=1S/C33H53N9O10/c1-16(2)25(30(49)40-23(32(51)52)15-19-8-10-20(43)11-9-19)42-31(50)26(17(3)4)41-27(46)18(5)38-29(48)22(12-13-24(44)45)39-28(47)21(34)7-6-14-37-33(35)36/h8-11,16-18,21-23,25-26,43H,6-7,12-15,34H2,1-5H3,(H,38,48)(H,39,47)(H,40,49)(H,41,46)(H,42,50)(H,44,45)(H,51,52)(H4,35,36,37)/t18-,21-,22-,23-,25-,26-/m0/s1. The number of phenolic OH excluding ortho intramolecular Hbond substituents is 1.